The number of aryl methyl sites for hydroxylation is 1. The second-order valence-corrected chi connectivity index (χ2v) is 7.66. The number of nitrogens with zero attached hydrogens (tertiary/aromatic N) is 4. The quantitative estimate of drug-likeness (QED) is 0.418. The zero-order valence-electron chi connectivity index (χ0n) is 17.1. The monoisotopic (exact) mass is 435 g/mol. The van der Waals surface area contributed by atoms with Gasteiger partial charge in [0.25, 0.3) is 5.22 Å². The summed E-state index contributed by atoms with van der Waals surface area (Å²) in [6.07, 6.45) is 3.73. The van der Waals surface area contributed by atoms with E-state index in [4.69, 9.17) is 9.15 Å². The number of rotatable bonds is 8. The van der Waals surface area contributed by atoms with Crippen molar-refractivity contribution in [3.05, 3.63) is 72.3 Å². The number of hydrogen-bond acceptors (Lipinski definition) is 7. The van der Waals surface area contributed by atoms with Gasteiger partial charge in [-0.2, -0.15) is 0 Å². The van der Waals surface area contributed by atoms with Crippen molar-refractivity contribution in [1.29, 1.82) is 0 Å². The number of carbonyl (C=O) groups is 1. The molecule has 0 aliphatic rings. The van der Waals surface area contributed by atoms with E-state index in [1.807, 2.05) is 61.7 Å². The van der Waals surface area contributed by atoms with Gasteiger partial charge in [-0.05, 0) is 48.9 Å². The van der Waals surface area contributed by atoms with E-state index in [2.05, 4.69) is 25.1 Å². The lowest BCUT2D eigenvalue weighted by Gasteiger charge is -2.07. The maximum Gasteiger partial charge on any atom is 0.277 e. The van der Waals surface area contributed by atoms with Gasteiger partial charge in [-0.15, -0.1) is 10.2 Å². The average molecular weight is 436 g/mol. The summed E-state index contributed by atoms with van der Waals surface area (Å²) in [5, 5.41) is 11.2. The molecule has 1 amide bonds. The first-order valence-electron chi connectivity index (χ1n) is 9.58. The second-order valence-electron chi connectivity index (χ2n) is 6.74. The SMILES string of the molecule is COc1ccc(-c2nnc(SCC(=O)Nc3ccc(Cn4ccnc4C)cc3)o2)cc1. The molecule has 9 heteroatoms. The first-order chi connectivity index (χ1) is 15.1. The van der Waals surface area contributed by atoms with Gasteiger partial charge in [0.05, 0.1) is 12.9 Å². The van der Waals surface area contributed by atoms with E-state index >= 15 is 0 Å². The molecule has 4 rings (SSSR count). The van der Waals surface area contributed by atoms with Crippen LogP contribution in [0, 0.1) is 6.92 Å². The van der Waals surface area contributed by atoms with Gasteiger partial charge in [-0.3, -0.25) is 4.79 Å². The number of methoxy groups -OCH3 is 1. The Morgan fingerprint density at radius 2 is 1.90 bits per heavy atom. The number of amides is 1. The predicted octanol–water partition coefficient (Wildman–Crippen LogP) is 4.03. The Labute approximate surface area is 183 Å². The Bertz CT molecular complexity index is 1150. The third-order valence-corrected chi connectivity index (χ3v) is 5.40. The molecule has 2 aromatic heterocycles. The molecule has 0 radical (unpaired) electrons. The lowest BCUT2D eigenvalue weighted by molar-refractivity contribution is -0.113. The van der Waals surface area contributed by atoms with Gasteiger partial charge in [0, 0.05) is 30.2 Å². The number of hydrogen-bond donors (Lipinski definition) is 1. The minimum atomic E-state index is -0.146. The van der Waals surface area contributed by atoms with Crippen molar-refractivity contribution in [3.63, 3.8) is 0 Å². The Balaban J connectivity index is 1.28. The maximum absolute atomic E-state index is 12.3. The zero-order chi connectivity index (χ0) is 21.6. The van der Waals surface area contributed by atoms with Gasteiger partial charge in [0.1, 0.15) is 11.6 Å². The van der Waals surface area contributed by atoms with Crippen molar-refractivity contribution >= 4 is 23.4 Å². The molecule has 31 heavy (non-hydrogen) atoms. The lowest BCUT2D eigenvalue weighted by Crippen LogP contribution is -2.14. The highest BCUT2D eigenvalue weighted by Crippen LogP contribution is 2.25. The van der Waals surface area contributed by atoms with Crippen LogP contribution in [0.25, 0.3) is 11.5 Å². The van der Waals surface area contributed by atoms with E-state index in [0.29, 0.717) is 11.1 Å². The summed E-state index contributed by atoms with van der Waals surface area (Å²) in [5.41, 5.74) is 2.65. The van der Waals surface area contributed by atoms with Crippen LogP contribution in [0.15, 0.2) is 70.6 Å². The number of aromatic nitrogens is 4. The second kappa shape index (κ2) is 9.48. The third kappa shape index (κ3) is 5.32. The molecule has 0 aliphatic carbocycles. The smallest absolute Gasteiger partial charge is 0.277 e. The Morgan fingerprint density at radius 1 is 1.13 bits per heavy atom. The molecule has 0 saturated heterocycles. The summed E-state index contributed by atoms with van der Waals surface area (Å²) in [6, 6.07) is 15.1. The highest BCUT2D eigenvalue weighted by Gasteiger charge is 2.12. The fourth-order valence-electron chi connectivity index (χ4n) is 2.90. The Hall–Kier alpha value is -3.59. The van der Waals surface area contributed by atoms with Gasteiger partial charge >= 0.3 is 0 Å². The largest absolute Gasteiger partial charge is 0.497 e. The number of ether oxygens (including phenoxy) is 1. The third-order valence-electron chi connectivity index (χ3n) is 4.58. The molecule has 0 spiro atoms. The van der Waals surface area contributed by atoms with Gasteiger partial charge < -0.3 is 19.0 Å². The fraction of sp³-hybridized carbons (Fsp3) is 0.182. The van der Waals surface area contributed by atoms with Crippen molar-refractivity contribution in [3.8, 4) is 17.2 Å². The topological polar surface area (TPSA) is 95.1 Å². The van der Waals surface area contributed by atoms with E-state index < -0.39 is 0 Å². The van der Waals surface area contributed by atoms with Crippen molar-refractivity contribution in [2.75, 3.05) is 18.2 Å². The zero-order valence-corrected chi connectivity index (χ0v) is 17.9. The van der Waals surface area contributed by atoms with Crippen molar-refractivity contribution in [1.82, 2.24) is 19.7 Å². The highest BCUT2D eigenvalue weighted by molar-refractivity contribution is 7.99. The number of imidazole rings is 1. The number of thioether (sulfide) groups is 1. The van der Waals surface area contributed by atoms with Crippen LogP contribution < -0.4 is 10.1 Å². The maximum atomic E-state index is 12.3. The molecular weight excluding hydrogens is 414 g/mol. The van der Waals surface area contributed by atoms with E-state index in [1.165, 1.54) is 11.8 Å². The molecule has 1 N–H and O–H groups in total. The molecule has 0 atom stereocenters. The molecule has 2 heterocycles. The molecular formula is C22H21N5O3S. The molecule has 0 aliphatic heterocycles. The summed E-state index contributed by atoms with van der Waals surface area (Å²) in [7, 11) is 1.61. The summed E-state index contributed by atoms with van der Waals surface area (Å²) < 4.78 is 12.8. The van der Waals surface area contributed by atoms with E-state index in [1.54, 1.807) is 13.3 Å². The molecule has 4 aromatic rings. The van der Waals surface area contributed by atoms with Crippen LogP contribution >= 0.6 is 11.8 Å². The van der Waals surface area contributed by atoms with Crippen molar-refractivity contribution < 1.29 is 13.9 Å². The molecule has 0 fully saturated rings. The van der Waals surface area contributed by atoms with Gasteiger partial charge in [0.2, 0.25) is 11.8 Å². The van der Waals surface area contributed by atoms with Gasteiger partial charge in [-0.1, -0.05) is 23.9 Å². The lowest BCUT2D eigenvalue weighted by atomic mass is 10.2. The highest BCUT2D eigenvalue weighted by atomic mass is 32.2. The van der Waals surface area contributed by atoms with Gasteiger partial charge in [-0.25, -0.2) is 4.98 Å². The van der Waals surface area contributed by atoms with E-state index in [-0.39, 0.29) is 11.7 Å². The fourth-order valence-corrected chi connectivity index (χ4v) is 3.47. The van der Waals surface area contributed by atoms with E-state index in [0.717, 1.165) is 34.9 Å². The number of anilines is 1. The van der Waals surface area contributed by atoms with Crippen molar-refractivity contribution in [2.24, 2.45) is 0 Å². The molecule has 8 nitrogen and oxygen atoms in total. The van der Waals surface area contributed by atoms with Crippen LogP contribution in [0.5, 0.6) is 5.75 Å². The van der Waals surface area contributed by atoms with Crippen molar-refractivity contribution in [2.45, 2.75) is 18.7 Å². The van der Waals surface area contributed by atoms with Crippen LogP contribution in [0.3, 0.4) is 0 Å². The molecule has 0 unspecified atom stereocenters. The number of benzene rings is 2. The Morgan fingerprint density at radius 3 is 2.58 bits per heavy atom. The normalized spacial score (nSPS) is 10.8. The standard InChI is InChI=1S/C22H21N5O3S/c1-15-23-11-12-27(15)13-16-3-7-18(8-4-16)24-20(28)14-31-22-26-25-21(30-22)17-5-9-19(29-2)10-6-17/h3-12H,13-14H2,1-2H3,(H,24,28). The molecule has 158 valence electrons. The molecule has 2 aromatic carbocycles. The van der Waals surface area contributed by atoms with Crippen LogP contribution in [0.2, 0.25) is 0 Å². The van der Waals surface area contributed by atoms with Crippen LogP contribution in [-0.4, -0.2) is 38.5 Å². The summed E-state index contributed by atoms with van der Waals surface area (Å²) in [5.74, 6) is 2.13. The number of nitrogens with one attached hydrogen (secondary N) is 1. The average Bonchev–Trinajstić information content (AvgIpc) is 3.43. The number of carbonyl (C=O) groups excluding carboxylic acids is 1. The van der Waals surface area contributed by atoms with Crippen LogP contribution in [0.1, 0.15) is 11.4 Å². The minimum Gasteiger partial charge on any atom is -0.497 e. The summed E-state index contributed by atoms with van der Waals surface area (Å²) in [6.45, 7) is 2.71. The van der Waals surface area contributed by atoms with Gasteiger partial charge in [0.15, 0.2) is 0 Å². The minimum absolute atomic E-state index is 0.146. The molecule has 0 saturated carbocycles. The summed E-state index contributed by atoms with van der Waals surface area (Å²) in [4.78, 5) is 16.5. The first kappa shape index (κ1) is 20.7. The Kier molecular flexibility index (Phi) is 6.32. The molecule has 0 bridgehead atoms. The van der Waals surface area contributed by atoms with Crippen LogP contribution in [-0.2, 0) is 11.3 Å². The predicted molar refractivity (Wildman–Crippen MR) is 118 cm³/mol. The summed E-state index contributed by atoms with van der Waals surface area (Å²) >= 11 is 1.19. The van der Waals surface area contributed by atoms with E-state index in [9.17, 15) is 4.79 Å². The van der Waals surface area contributed by atoms with Crippen LogP contribution in [0.4, 0.5) is 5.69 Å². The first-order valence-corrected chi connectivity index (χ1v) is 10.6.